The summed E-state index contributed by atoms with van der Waals surface area (Å²) in [7, 11) is 0. The molecule has 0 bridgehead atoms. The minimum Gasteiger partial charge on any atom is -0.376 e. The Balaban J connectivity index is 1.98. The molecule has 2 rings (SSSR count). The fourth-order valence-corrected chi connectivity index (χ4v) is 3.24. The largest absolute Gasteiger partial charge is 0.376 e. The molecule has 1 aliphatic rings. The van der Waals surface area contributed by atoms with Crippen LogP contribution < -0.4 is 10.2 Å². The van der Waals surface area contributed by atoms with Crippen LogP contribution in [0.25, 0.3) is 0 Å². The van der Waals surface area contributed by atoms with Gasteiger partial charge in [-0.1, -0.05) is 35.8 Å². The van der Waals surface area contributed by atoms with Crippen LogP contribution >= 0.6 is 15.9 Å². The topological polar surface area (TPSA) is 24.5 Å². The van der Waals surface area contributed by atoms with Gasteiger partial charge in [0.15, 0.2) is 0 Å². The maximum atomic E-state index is 5.93. The molecule has 0 aliphatic carbocycles. The van der Waals surface area contributed by atoms with Crippen molar-refractivity contribution in [1.82, 2.24) is 5.32 Å². The van der Waals surface area contributed by atoms with E-state index < -0.39 is 0 Å². The van der Waals surface area contributed by atoms with Crippen molar-refractivity contribution in [2.24, 2.45) is 0 Å². The highest BCUT2D eigenvalue weighted by Gasteiger charge is 2.20. The van der Waals surface area contributed by atoms with Gasteiger partial charge in [0, 0.05) is 36.4 Å². The molecule has 0 aromatic heterocycles. The van der Waals surface area contributed by atoms with Crippen molar-refractivity contribution in [3.63, 3.8) is 0 Å². The number of piperidine rings is 1. The third-order valence-corrected chi connectivity index (χ3v) is 4.64. The molecule has 1 N–H and O–H groups in total. The van der Waals surface area contributed by atoms with E-state index in [9.17, 15) is 0 Å². The number of benzene rings is 1. The number of hydrogen-bond acceptors (Lipinski definition) is 3. The highest BCUT2D eigenvalue weighted by Crippen LogP contribution is 2.27. The van der Waals surface area contributed by atoms with Crippen LogP contribution in [0.4, 0.5) is 5.69 Å². The number of ether oxygens (including phenoxy) is 1. The molecular weight excluding hydrogens is 328 g/mol. The lowest BCUT2D eigenvalue weighted by molar-refractivity contribution is 0.0440. The zero-order valence-corrected chi connectivity index (χ0v) is 14.8. The molecule has 1 aliphatic heterocycles. The smallest absolute Gasteiger partial charge is 0.0750 e. The molecular formula is C17H27BrN2O. The number of halogens is 1. The first kappa shape index (κ1) is 16.8. The molecule has 0 radical (unpaired) electrons. The summed E-state index contributed by atoms with van der Waals surface area (Å²) in [6.45, 7) is 9.23. The molecule has 0 amide bonds. The lowest BCUT2D eigenvalue weighted by Gasteiger charge is -2.34. The number of nitrogens with one attached hydrogen (secondary N) is 1. The fraction of sp³-hybridized carbons (Fsp3) is 0.647. The maximum absolute atomic E-state index is 5.93. The normalized spacial score (nSPS) is 19.0. The number of rotatable bonds is 7. The molecule has 1 aromatic rings. The first-order chi connectivity index (χ1) is 10.2. The predicted molar refractivity (Wildman–Crippen MR) is 93.0 cm³/mol. The summed E-state index contributed by atoms with van der Waals surface area (Å²) in [5.74, 6) is 0. The van der Waals surface area contributed by atoms with Crippen LogP contribution in [0, 0.1) is 0 Å². The lowest BCUT2D eigenvalue weighted by atomic mass is 10.1. The molecule has 0 spiro atoms. The van der Waals surface area contributed by atoms with Crippen molar-refractivity contribution in [1.29, 1.82) is 0 Å². The Morgan fingerprint density at radius 2 is 2.24 bits per heavy atom. The second-order valence-corrected chi connectivity index (χ2v) is 6.49. The molecule has 4 heteroatoms. The maximum Gasteiger partial charge on any atom is 0.0750 e. The van der Waals surface area contributed by atoms with Gasteiger partial charge in [-0.3, -0.25) is 0 Å². The average molecular weight is 355 g/mol. The summed E-state index contributed by atoms with van der Waals surface area (Å²) >= 11 is 3.70. The van der Waals surface area contributed by atoms with Gasteiger partial charge >= 0.3 is 0 Å². The van der Waals surface area contributed by atoms with Crippen LogP contribution in [-0.4, -0.2) is 32.3 Å². The Kier molecular flexibility index (Phi) is 7.00. The monoisotopic (exact) mass is 354 g/mol. The highest BCUT2D eigenvalue weighted by atomic mass is 79.9. The summed E-state index contributed by atoms with van der Waals surface area (Å²) in [5, 5.41) is 3.37. The Labute approximate surface area is 137 Å². The second kappa shape index (κ2) is 8.76. The molecule has 1 atom stereocenters. The van der Waals surface area contributed by atoms with E-state index in [2.05, 4.69) is 58.2 Å². The van der Waals surface area contributed by atoms with Crippen molar-refractivity contribution in [2.45, 2.75) is 45.8 Å². The standard InChI is InChI=1S/C17H27BrN2O/c1-3-10-21-16-6-5-9-20(13-16)15-8-7-14(12-19-4-2)17(18)11-15/h7-8,11,16,19H,3-6,9-10,12-13H2,1-2H3. The van der Waals surface area contributed by atoms with E-state index in [0.717, 1.165) is 39.2 Å². The van der Waals surface area contributed by atoms with Gasteiger partial charge in [-0.2, -0.15) is 0 Å². The van der Waals surface area contributed by atoms with Gasteiger partial charge in [0.05, 0.1) is 6.10 Å². The van der Waals surface area contributed by atoms with Gasteiger partial charge in [0.2, 0.25) is 0 Å². The third-order valence-electron chi connectivity index (χ3n) is 3.90. The molecule has 1 saturated heterocycles. The van der Waals surface area contributed by atoms with E-state index in [1.807, 2.05) is 0 Å². The molecule has 1 aromatic carbocycles. The van der Waals surface area contributed by atoms with E-state index in [0.29, 0.717) is 6.10 Å². The van der Waals surface area contributed by atoms with E-state index in [1.54, 1.807) is 0 Å². The molecule has 118 valence electrons. The van der Waals surface area contributed by atoms with E-state index in [-0.39, 0.29) is 0 Å². The van der Waals surface area contributed by atoms with Crippen molar-refractivity contribution in [3.8, 4) is 0 Å². The fourth-order valence-electron chi connectivity index (χ4n) is 2.73. The van der Waals surface area contributed by atoms with Crippen LogP contribution in [0.3, 0.4) is 0 Å². The number of anilines is 1. The van der Waals surface area contributed by atoms with Crippen molar-refractivity contribution in [2.75, 3.05) is 31.1 Å². The Morgan fingerprint density at radius 3 is 2.95 bits per heavy atom. The van der Waals surface area contributed by atoms with E-state index in [1.165, 1.54) is 28.6 Å². The number of nitrogens with zero attached hydrogens (tertiary/aromatic N) is 1. The SMILES string of the molecule is CCCOC1CCCN(c2ccc(CNCC)c(Br)c2)C1. The lowest BCUT2D eigenvalue weighted by Crippen LogP contribution is -2.39. The zero-order valence-electron chi connectivity index (χ0n) is 13.2. The van der Waals surface area contributed by atoms with Crippen LogP contribution in [0.2, 0.25) is 0 Å². The Hall–Kier alpha value is -0.580. The molecule has 1 heterocycles. The highest BCUT2D eigenvalue weighted by molar-refractivity contribution is 9.10. The summed E-state index contributed by atoms with van der Waals surface area (Å²) in [4.78, 5) is 2.45. The molecule has 1 unspecified atom stereocenters. The first-order valence-corrected chi connectivity index (χ1v) is 8.89. The van der Waals surface area contributed by atoms with E-state index in [4.69, 9.17) is 4.74 Å². The van der Waals surface area contributed by atoms with Gasteiger partial charge in [0.1, 0.15) is 0 Å². The molecule has 21 heavy (non-hydrogen) atoms. The van der Waals surface area contributed by atoms with Crippen LogP contribution in [0.15, 0.2) is 22.7 Å². The van der Waals surface area contributed by atoms with Crippen molar-refractivity contribution < 1.29 is 4.74 Å². The van der Waals surface area contributed by atoms with Gasteiger partial charge in [-0.25, -0.2) is 0 Å². The quantitative estimate of drug-likeness (QED) is 0.801. The third kappa shape index (κ3) is 4.97. The van der Waals surface area contributed by atoms with Crippen LogP contribution in [0.5, 0.6) is 0 Å². The predicted octanol–water partition coefficient (Wildman–Crippen LogP) is 3.95. The van der Waals surface area contributed by atoms with Crippen LogP contribution in [-0.2, 0) is 11.3 Å². The molecule has 1 fully saturated rings. The Morgan fingerprint density at radius 1 is 1.38 bits per heavy atom. The van der Waals surface area contributed by atoms with Gasteiger partial charge in [-0.15, -0.1) is 0 Å². The van der Waals surface area contributed by atoms with Gasteiger partial charge in [0.25, 0.3) is 0 Å². The average Bonchev–Trinajstić information content (AvgIpc) is 2.52. The van der Waals surface area contributed by atoms with Crippen molar-refractivity contribution >= 4 is 21.6 Å². The summed E-state index contributed by atoms with van der Waals surface area (Å²) in [6.07, 6.45) is 3.89. The minimum absolute atomic E-state index is 0.388. The Bertz CT molecular complexity index is 439. The summed E-state index contributed by atoms with van der Waals surface area (Å²) in [5.41, 5.74) is 2.61. The van der Waals surface area contributed by atoms with Crippen molar-refractivity contribution in [3.05, 3.63) is 28.2 Å². The second-order valence-electron chi connectivity index (χ2n) is 5.64. The number of hydrogen-bond donors (Lipinski definition) is 1. The van der Waals surface area contributed by atoms with Gasteiger partial charge < -0.3 is 15.0 Å². The summed E-state index contributed by atoms with van der Waals surface area (Å²) < 4.78 is 7.12. The summed E-state index contributed by atoms with van der Waals surface area (Å²) in [6, 6.07) is 6.70. The van der Waals surface area contributed by atoms with Crippen LogP contribution in [0.1, 0.15) is 38.7 Å². The molecule has 3 nitrogen and oxygen atoms in total. The zero-order chi connectivity index (χ0) is 15.1. The molecule has 0 saturated carbocycles. The first-order valence-electron chi connectivity index (χ1n) is 8.10. The minimum atomic E-state index is 0.388. The van der Waals surface area contributed by atoms with Gasteiger partial charge in [-0.05, 0) is 43.5 Å². The van der Waals surface area contributed by atoms with E-state index >= 15 is 0 Å².